The van der Waals surface area contributed by atoms with E-state index >= 15 is 0 Å². The summed E-state index contributed by atoms with van der Waals surface area (Å²) in [4.78, 5) is 41.8. The number of carbonyl (C=O) groups is 3. The molecule has 0 saturated carbocycles. The predicted molar refractivity (Wildman–Crippen MR) is 100 cm³/mol. The molecule has 2 rings (SSSR count). The third kappa shape index (κ3) is 6.22. The fraction of sp³-hybridized carbons (Fsp3) is 0.300. The third-order valence-electron chi connectivity index (χ3n) is 3.94. The van der Waals surface area contributed by atoms with E-state index < -0.39 is 30.4 Å². The number of benzene rings is 1. The number of hydrogen-bond donors (Lipinski definition) is 2. The molecule has 27 heavy (non-hydrogen) atoms. The lowest BCUT2D eigenvalue weighted by Crippen LogP contribution is -2.51. The number of carbonyl (C=O) groups excluding carboxylic acids is 2. The number of carboxylic acid groups (broad SMARTS) is 1. The van der Waals surface area contributed by atoms with Gasteiger partial charge in [-0.05, 0) is 24.1 Å². The molecule has 1 aromatic carbocycles. The Morgan fingerprint density at radius 1 is 1.15 bits per heavy atom. The lowest BCUT2D eigenvalue weighted by atomic mass is 10.0. The van der Waals surface area contributed by atoms with Crippen molar-refractivity contribution in [1.82, 2.24) is 15.2 Å². The summed E-state index contributed by atoms with van der Waals surface area (Å²) in [6.45, 7) is 1.77. The molecule has 7 nitrogen and oxygen atoms in total. The normalized spacial score (nSPS) is 11.4. The van der Waals surface area contributed by atoms with Crippen LogP contribution in [0.5, 0.6) is 0 Å². The number of hydrogen-bond acceptors (Lipinski definition) is 4. The van der Waals surface area contributed by atoms with Crippen LogP contribution in [0.1, 0.15) is 29.3 Å². The maximum Gasteiger partial charge on any atom is 0.323 e. The van der Waals surface area contributed by atoms with Crippen LogP contribution < -0.4 is 5.32 Å². The van der Waals surface area contributed by atoms with Gasteiger partial charge in [0, 0.05) is 25.4 Å². The Morgan fingerprint density at radius 2 is 1.89 bits per heavy atom. The summed E-state index contributed by atoms with van der Waals surface area (Å²) >= 11 is 0. The average Bonchev–Trinajstić information content (AvgIpc) is 2.67. The van der Waals surface area contributed by atoms with Gasteiger partial charge in [-0.3, -0.25) is 19.4 Å². The van der Waals surface area contributed by atoms with Gasteiger partial charge < -0.3 is 15.3 Å². The van der Waals surface area contributed by atoms with Crippen LogP contribution >= 0.6 is 0 Å². The first-order valence-electron chi connectivity index (χ1n) is 8.76. The summed E-state index contributed by atoms with van der Waals surface area (Å²) in [5.41, 5.74) is 1.21. The molecule has 142 valence electrons. The Labute approximate surface area is 158 Å². The van der Waals surface area contributed by atoms with Crippen LogP contribution in [0.15, 0.2) is 54.9 Å². The smallest absolute Gasteiger partial charge is 0.323 e. The van der Waals surface area contributed by atoms with Crippen LogP contribution in [0.3, 0.4) is 0 Å². The highest BCUT2D eigenvalue weighted by atomic mass is 16.4. The van der Waals surface area contributed by atoms with Gasteiger partial charge in [0.15, 0.2) is 0 Å². The second-order valence-corrected chi connectivity index (χ2v) is 6.11. The highest BCUT2D eigenvalue weighted by molar-refractivity contribution is 5.97. The van der Waals surface area contributed by atoms with Crippen LogP contribution in [0.25, 0.3) is 0 Å². The second-order valence-electron chi connectivity index (χ2n) is 6.11. The van der Waals surface area contributed by atoms with E-state index in [1.165, 1.54) is 11.1 Å². The molecule has 2 amide bonds. The standard InChI is InChI=1S/C20H23N3O4/c1-2-11-23(14-18(24)25)20(27)17(12-15-7-4-3-5-8-15)22-19(26)16-9-6-10-21-13-16/h3-10,13,17H,2,11-12,14H2,1H3,(H,22,26)(H,24,25). The van der Waals surface area contributed by atoms with Gasteiger partial charge in [0.25, 0.3) is 5.91 Å². The SMILES string of the molecule is CCCN(CC(=O)O)C(=O)C(Cc1ccccc1)NC(=O)c1cccnc1. The molecule has 1 unspecified atom stereocenters. The molecule has 0 spiro atoms. The summed E-state index contributed by atoms with van der Waals surface area (Å²) in [6, 6.07) is 11.6. The minimum absolute atomic E-state index is 0.269. The number of aliphatic carboxylic acids is 1. The Kier molecular flexibility index (Phi) is 7.49. The molecule has 0 radical (unpaired) electrons. The molecule has 0 aliphatic rings. The highest BCUT2D eigenvalue weighted by Gasteiger charge is 2.27. The highest BCUT2D eigenvalue weighted by Crippen LogP contribution is 2.08. The molecule has 0 fully saturated rings. The van der Waals surface area contributed by atoms with E-state index in [1.807, 2.05) is 37.3 Å². The predicted octanol–water partition coefficient (Wildman–Crippen LogP) is 1.75. The van der Waals surface area contributed by atoms with Gasteiger partial charge in [0.05, 0.1) is 5.56 Å². The lowest BCUT2D eigenvalue weighted by molar-refractivity contribution is -0.145. The molecule has 2 aromatic rings. The lowest BCUT2D eigenvalue weighted by Gasteiger charge is -2.26. The molecule has 1 atom stereocenters. The van der Waals surface area contributed by atoms with Crippen LogP contribution in [-0.2, 0) is 16.0 Å². The zero-order chi connectivity index (χ0) is 19.6. The Bertz CT molecular complexity index is 765. The van der Waals surface area contributed by atoms with Gasteiger partial charge in [0.2, 0.25) is 5.91 Å². The third-order valence-corrected chi connectivity index (χ3v) is 3.94. The number of amides is 2. The maximum absolute atomic E-state index is 13.0. The van der Waals surface area contributed by atoms with Crippen molar-refractivity contribution in [1.29, 1.82) is 0 Å². The molecule has 2 N–H and O–H groups in total. The Morgan fingerprint density at radius 3 is 2.48 bits per heavy atom. The quantitative estimate of drug-likeness (QED) is 0.701. The summed E-state index contributed by atoms with van der Waals surface area (Å²) in [7, 11) is 0. The van der Waals surface area contributed by atoms with Crippen molar-refractivity contribution in [3.05, 3.63) is 66.0 Å². The van der Waals surface area contributed by atoms with Crippen LogP contribution in [0.4, 0.5) is 0 Å². The molecule has 0 aliphatic heterocycles. The van der Waals surface area contributed by atoms with Crippen molar-refractivity contribution >= 4 is 17.8 Å². The van der Waals surface area contributed by atoms with E-state index in [1.54, 1.807) is 18.3 Å². The average molecular weight is 369 g/mol. The number of carboxylic acids is 1. The molecule has 0 bridgehead atoms. The Balaban J connectivity index is 2.23. The minimum atomic E-state index is -1.09. The monoisotopic (exact) mass is 369 g/mol. The van der Waals surface area contributed by atoms with Gasteiger partial charge in [-0.2, -0.15) is 0 Å². The van der Waals surface area contributed by atoms with Crippen molar-refractivity contribution in [2.45, 2.75) is 25.8 Å². The van der Waals surface area contributed by atoms with Crippen molar-refractivity contribution < 1.29 is 19.5 Å². The van der Waals surface area contributed by atoms with E-state index in [-0.39, 0.29) is 6.42 Å². The first-order chi connectivity index (χ1) is 13.0. The summed E-state index contributed by atoms with van der Waals surface area (Å²) in [5.74, 6) is -1.93. The Hall–Kier alpha value is -3.22. The molecule has 7 heteroatoms. The van der Waals surface area contributed by atoms with E-state index in [0.29, 0.717) is 18.5 Å². The summed E-state index contributed by atoms with van der Waals surface area (Å²) < 4.78 is 0. The largest absolute Gasteiger partial charge is 0.480 e. The number of pyridine rings is 1. The number of nitrogens with one attached hydrogen (secondary N) is 1. The number of rotatable bonds is 9. The van der Waals surface area contributed by atoms with E-state index in [2.05, 4.69) is 10.3 Å². The van der Waals surface area contributed by atoms with Crippen molar-refractivity contribution in [3.8, 4) is 0 Å². The zero-order valence-electron chi connectivity index (χ0n) is 15.2. The number of aromatic nitrogens is 1. The molecule has 1 aromatic heterocycles. The minimum Gasteiger partial charge on any atom is -0.480 e. The fourth-order valence-electron chi connectivity index (χ4n) is 2.71. The summed E-state index contributed by atoms with van der Waals surface area (Å²) in [5, 5.41) is 11.8. The number of nitrogens with zero attached hydrogens (tertiary/aromatic N) is 2. The molecular formula is C20H23N3O4. The summed E-state index contributed by atoms with van der Waals surface area (Å²) in [6.07, 6.45) is 3.86. The van der Waals surface area contributed by atoms with Crippen molar-refractivity contribution in [2.24, 2.45) is 0 Å². The van der Waals surface area contributed by atoms with Crippen LogP contribution in [0.2, 0.25) is 0 Å². The van der Waals surface area contributed by atoms with Crippen LogP contribution in [0, 0.1) is 0 Å². The molecule has 0 aliphatic carbocycles. The van der Waals surface area contributed by atoms with Gasteiger partial charge in [0.1, 0.15) is 12.6 Å². The first kappa shape index (κ1) is 20.1. The van der Waals surface area contributed by atoms with E-state index in [4.69, 9.17) is 5.11 Å². The molecule has 1 heterocycles. The second kappa shape index (κ2) is 10.1. The maximum atomic E-state index is 13.0. The van der Waals surface area contributed by atoms with Crippen molar-refractivity contribution in [3.63, 3.8) is 0 Å². The van der Waals surface area contributed by atoms with Gasteiger partial charge in [-0.1, -0.05) is 37.3 Å². The van der Waals surface area contributed by atoms with E-state index in [0.717, 1.165) is 5.56 Å². The fourth-order valence-corrected chi connectivity index (χ4v) is 2.71. The molecule has 0 saturated heterocycles. The zero-order valence-corrected chi connectivity index (χ0v) is 15.2. The van der Waals surface area contributed by atoms with Crippen LogP contribution in [-0.4, -0.2) is 51.9 Å². The topological polar surface area (TPSA) is 99.6 Å². The molecular weight excluding hydrogens is 346 g/mol. The van der Waals surface area contributed by atoms with Gasteiger partial charge in [-0.25, -0.2) is 0 Å². The van der Waals surface area contributed by atoms with Gasteiger partial charge >= 0.3 is 5.97 Å². The first-order valence-corrected chi connectivity index (χ1v) is 8.76. The van der Waals surface area contributed by atoms with Gasteiger partial charge in [-0.15, -0.1) is 0 Å². The van der Waals surface area contributed by atoms with E-state index in [9.17, 15) is 14.4 Å². The van der Waals surface area contributed by atoms with Crippen molar-refractivity contribution in [2.75, 3.05) is 13.1 Å².